The fourth-order valence-corrected chi connectivity index (χ4v) is 5.89. The maximum Gasteiger partial charge on any atom is 0.220 e. The van der Waals surface area contributed by atoms with Crippen LogP contribution < -0.4 is 5.32 Å². The number of carbonyl (C=O) groups excluding carboxylic acids is 1. The van der Waals surface area contributed by atoms with E-state index >= 15 is 0 Å². The van der Waals surface area contributed by atoms with Gasteiger partial charge in [-0.15, -0.1) is 0 Å². The van der Waals surface area contributed by atoms with Crippen LogP contribution >= 0.6 is 0 Å². The van der Waals surface area contributed by atoms with Crippen molar-refractivity contribution in [1.82, 2.24) is 5.32 Å². The van der Waals surface area contributed by atoms with Crippen LogP contribution in [0.1, 0.15) is 155 Å². The van der Waals surface area contributed by atoms with Gasteiger partial charge in [0.05, 0.1) is 25.4 Å². The Bertz CT molecular complexity index is 792. The van der Waals surface area contributed by atoms with Crippen LogP contribution in [0.15, 0.2) is 24.3 Å². The number of carbonyl (C=O) groups is 1. The van der Waals surface area contributed by atoms with Crippen LogP contribution in [0.25, 0.3) is 0 Å². The molecule has 1 aliphatic heterocycles. The molecule has 1 saturated heterocycles. The summed E-state index contributed by atoms with van der Waals surface area (Å²) in [5.41, 5.74) is 0. The van der Waals surface area contributed by atoms with Crippen molar-refractivity contribution in [2.45, 2.75) is 198 Å². The molecule has 1 amide bonds. The summed E-state index contributed by atoms with van der Waals surface area (Å²) in [6, 6.07) is -0.720. The molecule has 1 rings (SSSR count). The van der Waals surface area contributed by atoms with Crippen LogP contribution in [0.2, 0.25) is 0 Å². The minimum atomic E-state index is -1.55. The second kappa shape index (κ2) is 29.6. The van der Waals surface area contributed by atoms with Crippen LogP contribution in [0.4, 0.5) is 0 Å². The molecule has 0 radical (unpaired) electrons. The normalized spacial score (nSPS) is 23.1. The van der Waals surface area contributed by atoms with Crippen molar-refractivity contribution in [2.75, 3.05) is 13.2 Å². The number of rotatable bonds is 30. The highest BCUT2D eigenvalue weighted by Gasteiger charge is 2.44. The van der Waals surface area contributed by atoms with Gasteiger partial charge in [-0.2, -0.15) is 0 Å². The summed E-state index contributed by atoms with van der Waals surface area (Å²) in [5.74, 6) is -0.163. The van der Waals surface area contributed by atoms with Gasteiger partial charge in [0.15, 0.2) is 6.29 Å². The first-order chi connectivity index (χ1) is 22.8. The van der Waals surface area contributed by atoms with Crippen molar-refractivity contribution < 1.29 is 39.8 Å². The molecule has 0 aromatic rings. The molecule has 276 valence electrons. The number of allylic oxidation sites excluding steroid dienone is 4. The Labute approximate surface area is 286 Å². The minimum absolute atomic E-state index is 0.144. The quantitative estimate of drug-likeness (QED) is 0.0381. The van der Waals surface area contributed by atoms with Crippen molar-refractivity contribution in [3.8, 4) is 0 Å². The SMILES string of the molecule is CCCCC/C=C/C/C=C/CCCCCCCC(=O)N[C@@H](CO[C@H]1O[C@@H](CO)[C@H](O)C(O)C1O)[C@H](O)CCCCCCCCCCC. The predicted molar refractivity (Wildman–Crippen MR) is 189 cm³/mol. The predicted octanol–water partition coefficient (Wildman–Crippen LogP) is 6.38. The molecule has 6 N–H and O–H groups in total. The van der Waals surface area contributed by atoms with Crippen LogP contribution in [0.5, 0.6) is 0 Å². The molecule has 47 heavy (non-hydrogen) atoms. The summed E-state index contributed by atoms with van der Waals surface area (Å²) in [4.78, 5) is 12.8. The van der Waals surface area contributed by atoms with Gasteiger partial charge in [0.1, 0.15) is 24.4 Å². The Morgan fingerprint density at radius 1 is 0.723 bits per heavy atom. The molecule has 7 atom stereocenters. The van der Waals surface area contributed by atoms with Gasteiger partial charge in [0.2, 0.25) is 5.91 Å². The van der Waals surface area contributed by atoms with E-state index in [0.717, 1.165) is 64.2 Å². The first kappa shape index (κ1) is 43.7. The maximum atomic E-state index is 12.8. The van der Waals surface area contributed by atoms with E-state index in [0.29, 0.717) is 12.8 Å². The molecule has 0 aliphatic carbocycles. The van der Waals surface area contributed by atoms with Gasteiger partial charge in [-0.05, 0) is 44.9 Å². The first-order valence-corrected chi connectivity index (χ1v) is 19.0. The van der Waals surface area contributed by atoms with Gasteiger partial charge < -0.3 is 40.3 Å². The first-order valence-electron chi connectivity index (χ1n) is 19.0. The Morgan fingerprint density at radius 3 is 1.87 bits per heavy atom. The van der Waals surface area contributed by atoms with E-state index in [1.165, 1.54) is 64.2 Å². The number of ether oxygens (including phenoxy) is 2. The third kappa shape index (κ3) is 21.4. The molecule has 0 aromatic heterocycles. The zero-order valence-corrected chi connectivity index (χ0v) is 29.8. The van der Waals surface area contributed by atoms with Gasteiger partial charge >= 0.3 is 0 Å². The molecule has 1 heterocycles. The fraction of sp³-hybridized carbons (Fsp3) is 0.868. The fourth-order valence-electron chi connectivity index (χ4n) is 5.89. The smallest absolute Gasteiger partial charge is 0.220 e. The molecular formula is C38H71NO8. The Morgan fingerprint density at radius 2 is 1.26 bits per heavy atom. The molecule has 9 nitrogen and oxygen atoms in total. The van der Waals surface area contributed by atoms with E-state index in [1.807, 2.05) is 0 Å². The Kier molecular flexibility index (Phi) is 27.5. The average Bonchev–Trinajstić information content (AvgIpc) is 3.07. The van der Waals surface area contributed by atoms with Crippen molar-refractivity contribution in [3.63, 3.8) is 0 Å². The van der Waals surface area contributed by atoms with E-state index < -0.39 is 49.5 Å². The lowest BCUT2D eigenvalue weighted by Gasteiger charge is -2.40. The standard InChI is InChI=1S/C38H71NO8/c1-3-5-7-9-11-13-14-15-16-17-18-20-22-24-26-28-34(42)39-31(32(41)27-25-23-21-19-12-10-8-6-4-2)30-46-38-37(45)36(44)35(43)33(29-40)47-38/h11,13,15-16,31-33,35-38,40-41,43-45H,3-10,12,14,17-30H2,1-2H3,(H,39,42)/b13-11+,16-15+/t31-,32+,33-,35-,36?,37?,38-/m0/s1. The van der Waals surface area contributed by atoms with E-state index in [4.69, 9.17) is 9.47 Å². The summed E-state index contributed by atoms with van der Waals surface area (Å²) < 4.78 is 11.2. The van der Waals surface area contributed by atoms with E-state index in [-0.39, 0.29) is 12.5 Å². The van der Waals surface area contributed by atoms with Crippen LogP contribution in [-0.2, 0) is 14.3 Å². The van der Waals surface area contributed by atoms with Crippen molar-refractivity contribution in [1.29, 1.82) is 0 Å². The molecule has 0 spiro atoms. The zero-order chi connectivity index (χ0) is 34.5. The lowest BCUT2D eigenvalue weighted by molar-refractivity contribution is -0.302. The van der Waals surface area contributed by atoms with E-state index in [2.05, 4.69) is 43.5 Å². The number of hydrogen-bond donors (Lipinski definition) is 6. The lowest BCUT2D eigenvalue weighted by atomic mass is 9.99. The lowest BCUT2D eigenvalue weighted by Crippen LogP contribution is -2.60. The van der Waals surface area contributed by atoms with E-state index in [9.17, 15) is 30.3 Å². The Balaban J connectivity index is 2.42. The maximum absolute atomic E-state index is 12.8. The summed E-state index contributed by atoms with van der Waals surface area (Å²) in [7, 11) is 0. The Hall–Kier alpha value is -1.33. The molecule has 2 unspecified atom stereocenters. The van der Waals surface area contributed by atoms with Crippen molar-refractivity contribution in [3.05, 3.63) is 24.3 Å². The average molecular weight is 670 g/mol. The number of hydrogen-bond acceptors (Lipinski definition) is 8. The molecule has 1 fully saturated rings. The highest BCUT2D eigenvalue weighted by molar-refractivity contribution is 5.76. The number of aliphatic hydroxyl groups excluding tert-OH is 5. The third-order valence-corrected chi connectivity index (χ3v) is 9.06. The van der Waals surface area contributed by atoms with Gasteiger partial charge in [-0.25, -0.2) is 0 Å². The zero-order valence-electron chi connectivity index (χ0n) is 29.8. The van der Waals surface area contributed by atoms with Crippen LogP contribution in [-0.4, -0.2) is 87.5 Å². The van der Waals surface area contributed by atoms with Crippen LogP contribution in [0, 0.1) is 0 Å². The highest BCUT2D eigenvalue weighted by atomic mass is 16.7. The second-order valence-corrected chi connectivity index (χ2v) is 13.4. The number of aliphatic hydroxyl groups is 5. The monoisotopic (exact) mass is 670 g/mol. The second-order valence-electron chi connectivity index (χ2n) is 13.4. The van der Waals surface area contributed by atoms with Gasteiger partial charge in [-0.3, -0.25) is 4.79 Å². The summed E-state index contributed by atoms with van der Waals surface area (Å²) in [6.45, 7) is 3.74. The molecule has 1 aliphatic rings. The summed E-state index contributed by atoms with van der Waals surface area (Å²) in [6.07, 6.45) is 24.7. The number of amides is 1. The molecular weight excluding hydrogens is 598 g/mol. The molecule has 0 bridgehead atoms. The minimum Gasteiger partial charge on any atom is -0.394 e. The van der Waals surface area contributed by atoms with Gasteiger partial charge in [0, 0.05) is 6.42 Å². The third-order valence-electron chi connectivity index (χ3n) is 9.06. The molecule has 9 heteroatoms. The van der Waals surface area contributed by atoms with E-state index in [1.54, 1.807) is 0 Å². The molecule has 0 aromatic carbocycles. The number of unbranched alkanes of at least 4 members (excludes halogenated alkanes) is 16. The summed E-state index contributed by atoms with van der Waals surface area (Å²) >= 11 is 0. The number of nitrogens with one attached hydrogen (secondary N) is 1. The van der Waals surface area contributed by atoms with Crippen molar-refractivity contribution >= 4 is 5.91 Å². The summed E-state index contributed by atoms with van der Waals surface area (Å²) in [5, 5.41) is 53.9. The van der Waals surface area contributed by atoms with Crippen molar-refractivity contribution in [2.24, 2.45) is 0 Å². The molecule has 0 saturated carbocycles. The topological polar surface area (TPSA) is 149 Å². The van der Waals surface area contributed by atoms with Gasteiger partial charge in [0.25, 0.3) is 0 Å². The van der Waals surface area contributed by atoms with Crippen LogP contribution in [0.3, 0.4) is 0 Å². The van der Waals surface area contributed by atoms with Gasteiger partial charge in [-0.1, -0.05) is 128 Å². The largest absolute Gasteiger partial charge is 0.394 e. The highest BCUT2D eigenvalue weighted by Crippen LogP contribution is 2.23.